The SMILES string of the molecule is CC(C)(C)C(=O)Nc1c(CN)cccc1C(=O)NNCc1ccccc1Cl. The number of para-hydroxylation sites is 1. The number of nitrogens with two attached hydrogens (primary N) is 1. The third-order valence-electron chi connectivity index (χ3n) is 3.97. The molecule has 0 unspecified atom stereocenters. The van der Waals surface area contributed by atoms with Gasteiger partial charge >= 0.3 is 0 Å². The Hall–Kier alpha value is -2.41. The van der Waals surface area contributed by atoms with Gasteiger partial charge in [0.25, 0.3) is 5.91 Å². The van der Waals surface area contributed by atoms with Crippen molar-refractivity contribution in [2.75, 3.05) is 5.32 Å². The minimum absolute atomic E-state index is 0.193. The lowest BCUT2D eigenvalue weighted by molar-refractivity contribution is -0.123. The van der Waals surface area contributed by atoms with E-state index >= 15 is 0 Å². The summed E-state index contributed by atoms with van der Waals surface area (Å²) in [6.45, 7) is 5.98. The molecule has 144 valence electrons. The molecule has 7 heteroatoms. The molecular weight excluding hydrogens is 364 g/mol. The van der Waals surface area contributed by atoms with Crippen LogP contribution < -0.4 is 21.9 Å². The summed E-state index contributed by atoms with van der Waals surface area (Å²) in [5.41, 5.74) is 13.0. The Morgan fingerprint density at radius 2 is 1.70 bits per heavy atom. The smallest absolute Gasteiger partial charge is 0.267 e. The number of hydrogen-bond donors (Lipinski definition) is 4. The van der Waals surface area contributed by atoms with Crippen molar-refractivity contribution in [1.82, 2.24) is 10.9 Å². The van der Waals surface area contributed by atoms with Crippen LogP contribution >= 0.6 is 11.6 Å². The lowest BCUT2D eigenvalue weighted by Crippen LogP contribution is -2.38. The average Bonchev–Trinajstić information content (AvgIpc) is 2.62. The third kappa shape index (κ3) is 5.53. The molecule has 0 aliphatic carbocycles. The predicted molar refractivity (Wildman–Crippen MR) is 108 cm³/mol. The molecule has 2 amide bonds. The minimum Gasteiger partial charge on any atom is -0.326 e. The lowest BCUT2D eigenvalue weighted by Gasteiger charge is -2.21. The van der Waals surface area contributed by atoms with Crippen LogP contribution in [0.15, 0.2) is 42.5 Å². The van der Waals surface area contributed by atoms with E-state index in [4.69, 9.17) is 17.3 Å². The highest BCUT2D eigenvalue weighted by Crippen LogP contribution is 2.24. The second-order valence-corrected chi connectivity index (χ2v) is 7.55. The number of nitrogens with one attached hydrogen (secondary N) is 3. The van der Waals surface area contributed by atoms with Gasteiger partial charge in [-0.05, 0) is 23.3 Å². The van der Waals surface area contributed by atoms with Crippen LogP contribution in [0.3, 0.4) is 0 Å². The zero-order valence-corrected chi connectivity index (χ0v) is 16.5. The molecule has 0 aliphatic rings. The lowest BCUT2D eigenvalue weighted by atomic mass is 9.95. The van der Waals surface area contributed by atoms with E-state index in [1.165, 1.54) is 0 Å². The van der Waals surface area contributed by atoms with Crippen LogP contribution in [0.4, 0.5) is 5.69 Å². The quantitative estimate of drug-likeness (QED) is 0.571. The molecule has 0 radical (unpaired) electrons. The van der Waals surface area contributed by atoms with Crippen LogP contribution in [0.5, 0.6) is 0 Å². The Morgan fingerprint density at radius 1 is 1.04 bits per heavy atom. The summed E-state index contributed by atoms with van der Waals surface area (Å²) in [6.07, 6.45) is 0. The Labute approximate surface area is 164 Å². The fourth-order valence-electron chi connectivity index (χ4n) is 2.34. The Bertz CT molecular complexity index is 831. The number of carbonyl (C=O) groups excluding carboxylic acids is 2. The summed E-state index contributed by atoms with van der Waals surface area (Å²) in [5.74, 6) is -0.567. The molecule has 27 heavy (non-hydrogen) atoms. The van der Waals surface area contributed by atoms with E-state index in [9.17, 15) is 9.59 Å². The summed E-state index contributed by atoms with van der Waals surface area (Å²) in [5, 5.41) is 3.45. The first kappa shape index (κ1) is 20.9. The average molecular weight is 389 g/mol. The van der Waals surface area contributed by atoms with E-state index in [1.807, 2.05) is 18.2 Å². The number of hydrogen-bond acceptors (Lipinski definition) is 4. The van der Waals surface area contributed by atoms with Crippen LogP contribution in [0, 0.1) is 5.41 Å². The standard InChI is InChI=1S/C20H25ClN4O2/c1-20(2,3)19(27)24-17-13(11-22)8-6-9-15(17)18(26)25-23-12-14-7-4-5-10-16(14)21/h4-10,23H,11-12,22H2,1-3H3,(H,24,27)(H,25,26). The number of amides is 2. The van der Waals surface area contributed by atoms with Gasteiger partial charge in [-0.3, -0.25) is 15.0 Å². The van der Waals surface area contributed by atoms with E-state index in [0.717, 1.165) is 5.56 Å². The number of rotatable bonds is 6. The number of hydrazine groups is 1. The van der Waals surface area contributed by atoms with Crippen molar-refractivity contribution in [1.29, 1.82) is 0 Å². The third-order valence-corrected chi connectivity index (χ3v) is 4.34. The van der Waals surface area contributed by atoms with Gasteiger partial charge in [-0.15, -0.1) is 0 Å². The largest absolute Gasteiger partial charge is 0.326 e. The van der Waals surface area contributed by atoms with E-state index < -0.39 is 5.41 Å². The van der Waals surface area contributed by atoms with Crippen molar-refractivity contribution in [3.8, 4) is 0 Å². The molecule has 6 nitrogen and oxygen atoms in total. The molecule has 0 atom stereocenters. The highest BCUT2D eigenvalue weighted by Gasteiger charge is 2.24. The van der Waals surface area contributed by atoms with E-state index in [2.05, 4.69) is 16.2 Å². The van der Waals surface area contributed by atoms with Gasteiger partial charge in [0.1, 0.15) is 0 Å². The summed E-state index contributed by atoms with van der Waals surface area (Å²) in [7, 11) is 0. The highest BCUT2D eigenvalue weighted by molar-refractivity contribution is 6.31. The van der Waals surface area contributed by atoms with Crippen LogP contribution in [0.2, 0.25) is 5.02 Å². The van der Waals surface area contributed by atoms with Crippen molar-refractivity contribution < 1.29 is 9.59 Å². The topological polar surface area (TPSA) is 96.2 Å². The van der Waals surface area contributed by atoms with Crippen LogP contribution in [-0.2, 0) is 17.9 Å². The Morgan fingerprint density at radius 3 is 2.33 bits per heavy atom. The number of benzene rings is 2. The summed E-state index contributed by atoms with van der Waals surface area (Å²) in [4.78, 5) is 25.0. The fraction of sp³-hybridized carbons (Fsp3) is 0.300. The van der Waals surface area contributed by atoms with Crippen molar-refractivity contribution in [3.05, 3.63) is 64.2 Å². The van der Waals surface area contributed by atoms with Crippen molar-refractivity contribution >= 4 is 29.1 Å². The molecule has 0 fully saturated rings. The minimum atomic E-state index is -0.599. The van der Waals surface area contributed by atoms with E-state index in [-0.39, 0.29) is 18.4 Å². The first-order chi connectivity index (χ1) is 12.7. The highest BCUT2D eigenvalue weighted by atomic mass is 35.5. The van der Waals surface area contributed by atoms with Gasteiger partial charge < -0.3 is 11.1 Å². The molecule has 0 spiro atoms. The van der Waals surface area contributed by atoms with Crippen molar-refractivity contribution in [2.24, 2.45) is 11.1 Å². The maximum absolute atomic E-state index is 12.6. The fourth-order valence-corrected chi connectivity index (χ4v) is 2.54. The molecule has 0 saturated carbocycles. The van der Waals surface area contributed by atoms with Gasteiger partial charge in [0.2, 0.25) is 5.91 Å². The second kappa shape index (κ2) is 8.99. The molecule has 0 aromatic heterocycles. The van der Waals surface area contributed by atoms with Gasteiger partial charge in [0, 0.05) is 23.5 Å². The normalized spacial score (nSPS) is 11.1. The Kier molecular flexibility index (Phi) is 6.96. The molecule has 0 saturated heterocycles. The van der Waals surface area contributed by atoms with Crippen LogP contribution in [-0.4, -0.2) is 11.8 Å². The van der Waals surface area contributed by atoms with Crippen LogP contribution in [0.1, 0.15) is 42.3 Å². The van der Waals surface area contributed by atoms with Crippen LogP contribution in [0.25, 0.3) is 0 Å². The van der Waals surface area contributed by atoms with Gasteiger partial charge in [0.05, 0.1) is 11.3 Å². The van der Waals surface area contributed by atoms with E-state index in [0.29, 0.717) is 28.4 Å². The monoisotopic (exact) mass is 388 g/mol. The maximum atomic E-state index is 12.6. The zero-order valence-electron chi connectivity index (χ0n) is 15.7. The van der Waals surface area contributed by atoms with Crippen molar-refractivity contribution in [3.63, 3.8) is 0 Å². The number of anilines is 1. The molecule has 2 rings (SSSR count). The second-order valence-electron chi connectivity index (χ2n) is 7.15. The summed E-state index contributed by atoms with van der Waals surface area (Å²) >= 11 is 6.11. The van der Waals surface area contributed by atoms with Gasteiger partial charge in [0.15, 0.2) is 0 Å². The van der Waals surface area contributed by atoms with Gasteiger partial charge in [-0.1, -0.05) is 62.7 Å². The molecule has 2 aromatic carbocycles. The molecule has 0 aliphatic heterocycles. The summed E-state index contributed by atoms with van der Waals surface area (Å²) < 4.78 is 0. The molecule has 2 aromatic rings. The maximum Gasteiger partial charge on any atom is 0.267 e. The van der Waals surface area contributed by atoms with E-state index in [1.54, 1.807) is 45.0 Å². The molecular formula is C20H25ClN4O2. The molecule has 5 N–H and O–H groups in total. The van der Waals surface area contributed by atoms with Gasteiger partial charge in [-0.2, -0.15) is 0 Å². The number of halogens is 1. The molecule has 0 bridgehead atoms. The molecule has 0 heterocycles. The summed E-state index contributed by atoms with van der Waals surface area (Å²) in [6, 6.07) is 12.5. The predicted octanol–water partition coefficient (Wildman–Crippen LogP) is 3.22. The number of carbonyl (C=O) groups is 2. The zero-order chi connectivity index (χ0) is 20.0. The first-order valence-corrected chi connectivity index (χ1v) is 9.02. The Balaban J connectivity index is 2.15. The van der Waals surface area contributed by atoms with Crippen molar-refractivity contribution in [2.45, 2.75) is 33.9 Å². The first-order valence-electron chi connectivity index (χ1n) is 8.64. The van der Waals surface area contributed by atoms with Gasteiger partial charge in [-0.25, -0.2) is 5.43 Å².